The number of amides is 1. The van der Waals surface area contributed by atoms with Crippen LogP contribution in [0.5, 0.6) is 0 Å². The minimum atomic E-state index is -0.528. The largest absolute Gasteiger partial charge is 0.353 e. The van der Waals surface area contributed by atoms with Crippen LogP contribution in [0.4, 0.5) is 0 Å². The number of hydrogen-bond donors (Lipinski definition) is 1. The van der Waals surface area contributed by atoms with Crippen LogP contribution in [0.3, 0.4) is 0 Å². The van der Waals surface area contributed by atoms with Gasteiger partial charge in [0.1, 0.15) is 0 Å². The first-order chi connectivity index (χ1) is 14.1. The maximum absolute atomic E-state index is 13.1. The second-order valence-electron chi connectivity index (χ2n) is 7.26. The predicted molar refractivity (Wildman–Crippen MR) is 110 cm³/mol. The van der Waals surface area contributed by atoms with E-state index in [1.54, 1.807) is 29.2 Å². The highest BCUT2D eigenvalue weighted by Crippen LogP contribution is 2.41. The third-order valence-corrected chi connectivity index (χ3v) is 5.74. The number of aromatic nitrogens is 4. The summed E-state index contributed by atoms with van der Waals surface area (Å²) >= 11 is 6.01. The maximum Gasteiger partial charge on any atom is 0.266 e. The smallest absolute Gasteiger partial charge is 0.266 e. The van der Waals surface area contributed by atoms with E-state index in [0.29, 0.717) is 17.4 Å². The summed E-state index contributed by atoms with van der Waals surface area (Å²) in [7, 11) is 0. The molecule has 1 fully saturated rings. The van der Waals surface area contributed by atoms with Crippen molar-refractivity contribution in [3.05, 3.63) is 75.8 Å². The highest BCUT2D eigenvalue weighted by Gasteiger charge is 2.42. The molecule has 1 saturated carbocycles. The standard InChI is InChI=1S/C21H22ClN5O2/c22-17-6-4-16(5-7-17)21(10-1-2-11-21)20(29)23-13-15-27-19(28)9-8-18(25-27)26-14-3-12-24-26/h3-9,12,14H,1-2,10-11,13,15H2,(H,23,29). The van der Waals surface area contributed by atoms with E-state index >= 15 is 0 Å². The lowest BCUT2D eigenvalue weighted by molar-refractivity contribution is -0.126. The zero-order valence-corrected chi connectivity index (χ0v) is 16.7. The van der Waals surface area contributed by atoms with E-state index in [9.17, 15) is 9.59 Å². The number of nitrogens with zero attached hydrogens (tertiary/aromatic N) is 4. The summed E-state index contributed by atoms with van der Waals surface area (Å²) in [6, 6.07) is 12.4. The normalized spacial score (nSPS) is 15.3. The third-order valence-electron chi connectivity index (χ3n) is 5.49. The number of halogens is 1. The Morgan fingerprint density at radius 3 is 2.59 bits per heavy atom. The van der Waals surface area contributed by atoms with Gasteiger partial charge in [-0.2, -0.15) is 5.10 Å². The summed E-state index contributed by atoms with van der Waals surface area (Å²) in [5, 5.41) is 12.1. The van der Waals surface area contributed by atoms with E-state index in [-0.39, 0.29) is 18.0 Å². The fourth-order valence-electron chi connectivity index (χ4n) is 3.96. The van der Waals surface area contributed by atoms with Gasteiger partial charge in [-0.1, -0.05) is 36.6 Å². The first kappa shape index (κ1) is 19.4. The van der Waals surface area contributed by atoms with Gasteiger partial charge in [0.25, 0.3) is 5.56 Å². The highest BCUT2D eigenvalue weighted by atomic mass is 35.5. The van der Waals surface area contributed by atoms with Crippen molar-refractivity contribution in [3.63, 3.8) is 0 Å². The van der Waals surface area contributed by atoms with Gasteiger partial charge in [-0.3, -0.25) is 9.59 Å². The van der Waals surface area contributed by atoms with Crippen molar-refractivity contribution >= 4 is 17.5 Å². The molecule has 1 aliphatic carbocycles. The van der Waals surface area contributed by atoms with Crippen LogP contribution in [0.15, 0.2) is 59.7 Å². The summed E-state index contributed by atoms with van der Waals surface area (Å²) in [6.45, 7) is 0.611. The molecule has 8 heteroatoms. The lowest BCUT2D eigenvalue weighted by Crippen LogP contribution is -2.44. The first-order valence-electron chi connectivity index (χ1n) is 9.71. The Labute approximate surface area is 173 Å². The summed E-state index contributed by atoms with van der Waals surface area (Å²) in [5.41, 5.74) is 0.246. The molecule has 0 spiro atoms. The van der Waals surface area contributed by atoms with Crippen molar-refractivity contribution in [2.24, 2.45) is 0 Å². The van der Waals surface area contributed by atoms with Crippen molar-refractivity contribution in [2.75, 3.05) is 6.54 Å². The molecular formula is C21H22ClN5O2. The average molecular weight is 412 g/mol. The van der Waals surface area contributed by atoms with Crippen molar-refractivity contribution < 1.29 is 4.79 Å². The number of nitrogens with one attached hydrogen (secondary N) is 1. The van der Waals surface area contributed by atoms with Gasteiger partial charge < -0.3 is 5.32 Å². The van der Waals surface area contributed by atoms with Crippen LogP contribution in [0.25, 0.3) is 5.82 Å². The zero-order chi connectivity index (χ0) is 20.3. The van der Waals surface area contributed by atoms with Crippen LogP contribution in [0.1, 0.15) is 31.2 Å². The Balaban J connectivity index is 1.46. The number of benzene rings is 1. The summed E-state index contributed by atoms with van der Waals surface area (Å²) < 4.78 is 2.93. The fourth-order valence-corrected chi connectivity index (χ4v) is 4.09. The van der Waals surface area contributed by atoms with Gasteiger partial charge in [-0.05, 0) is 42.7 Å². The van der Waals surface area contributed by atoms with E-state index in [1.807, 2.05) is 24.3 Å². The monoisotopic (exact) mass is 411 g/mol. The molecule has 0 bridgehead atoms. The minimum absolute atomic E-state index is 0.00592. The summed E-state index contributed by atoms with van der Waals surface area (Å²) in [6.07, 6.45) is 7.07. The molecule has 0 aliphatic heterocycles. The van der Waals surface area contributed by atoms with Gasteiger partial charge in [-0.15, -0.1) is 5.10 Å². The van der Waals surface area contributed by atoms with Crippen molar-refractivity contribution in [2.45, 2.75) is 37.6 Å². The van der Waals surface area contributed by atoms with Gasteiger partial charge in [0.15, 0.2) is 5.82 Å². The zero-order valence-electron chi connectivity index (χ0n) is 15.9. The lowest BCUT2D eigenvalue weighted by atomic mass is 9.78. The van der Waals surface area contributed by atoms with E-state index in [4.69, 9.17) is 11.6 Å². The molecular weight excluding hydrogens is 390 g/mol. The molecule has 0 saturated heterocycles. The predicted octanol–water partition coefficient (Wildman–Crippen LogP) is 2.71. The molecule has 2 heterocycles. The number of hydrogen-bond acceptors (Lipinski definition) is 4. The van der Waals surface area contributed by atoms with E-state index in [0.717, 1.165) is 31.2 Å². The van der Waals surface area contributed by atoms with Crippen LogP contribution in [-0.4, -0.2) is 32.0 Å². The molecule has 4 rings (SSSR count). The van der Waals surface area contributed by atoms with Crippen LogP contribution >= 0.6 is 11.6 Å². The molecule has 1 aromatic carbocycles. The second kappa shape index (κ2) is 8.21. The topological polar surface area (TPSA) is 81.8 Å². The quantitative estimate of drug-likeness (QED) is 0.676. The third kappa shape index (κ3) is 3.96. The Morgan fingerprint density at radius 2 is 1.90 bits per heavy atom. The van der Waals surface area contributed by atoms with Gasteiger partial charge in [0.05, 0.1) is 12.0 Å². The lowest BCUT2D eigenvalue weighted by Gasteiger charge is -2.28. The van der Waals surface area contributed by atoms with E-state index in [1.165, 1.54) is 10.7 Å². The molecule has 0 atom stereocenters. The summed E-state index contributed by atoms with van der Waals surface area (Å²) in [4.78, 5) is 25.3. The SMILES string of the molecule is O=C(NCCn1nc(-n2cccn2)ccc1=O)C1(c2ccc(Cl)cc2)CCCC1. The molecule has 7 nitrogen and oxygen atoms in total. The maximum atomic E-state index is 13.1. The van der Waals surface area contributed by atoms with Crippen LogP contribution in [0.2, 0.25) is 5.02 Å². The van der Waals surface area contributed by atoms with Gasteiger partial charge >= 0.3 is 0 Å². The first-order valence-corrected chi connectivity index (χ1v) is 10.1. The molecule has 29 heavy (non-hydrogen) atoms. The van der Waals surface area contributed by atoms with Gasteiger partial charge in [0, 0.05) is 30.0 Å². The Hall–Kier alpha value is -2.93. The van der Waals surface area contributed by atoms with Crippen LogP contribution in [-0.2, 0) is 16.8 Å². The molecule has 3 aromatic rings. The minimum Gasteiger partial charge on any atom is -0.353 e. The number of rotatable bonds is 6. The molecule has 1 amide bonds. The Morgan fingerprint density at radius 1 is 1.14 bits per heavy atom. The number of carbonyl (C=O) groups excluding carboxylic acids is 1. The molecule has 1 aliphatic rings. The van der Waals surface area contributed by atoms with Crippen molar-refractivity contribution in [1.82, 2.24) is 24.9 Å². The highest BCUT2D eigenvalue weighted by molar-refractivity contribution is 6.30. The van der Waals surface area contributed by atoms with E-state index < -0.39 is 5.41 Å². The molecule has 0 radical (unpaired) electrons. The van der Waals surface area contributed by atoms with Gasteiger partial charge in [0.2, 0.25) is 5.91 Å². The van der Waals surface area contributed by atoms with E-state index in [2.05, 4.69) is 15.5 Å². The average Bonchev–Trinajstić information content (AvgIpc) is 3.43. The fraction of sp³-hybridized carbons (Fsp3) is 0.333. The van der Waals surface area contributed by atoms with Crippen LogP contribution in [0, 0.1) is 0 Å². The van der Waals surface area contributed by atoms with Crippen molar-refractivity contribution in [3.8, 4) is 5.82 Å². The van der Waals surface area contributed by atoms with Crippen molar-refractivity contribution in [1.29, 1.82) is 0 Å². The molecule has 2 aromatic heterocycles. The van der Waals surface area contributed by atoms with Crippen LogP contribution < -0.4 is 10.9 Å². The molecule has 1 N–H and O–H groups in total. The second-order valence-corrected chi connectivity index (χ2v) is 7.69. The Kier molecular flexibility index (Phi) is 5.49. The molecule has 0 unspecified atom stereocenters. The number of carbonyl (C=O) groups is 1. The van der Waals surface area contributed by atoms with Gasteiger partial charge in [-0.25, -0.2) is 9.36 Å². The Bertz CT molecular complexity index is 1040. The summed E-state index contributed by atoms with van der Waals surface area (Å²) in [5.74, 6) is 0.544. The molecule has 150 valence electrons.